The Morgan fingerprint density at radius 2 is 1.24 bits per heavy atom. The van der Waals surface area contributed by atoms with Crippen molar-refractivity contribution in [2.75, 3.05) is 0 Å². The lowest BCUT2D eigenvalue weighted by Crippen LogP contribution is -2.23. The molecule has 3 aliphatic rings. The van der Waals surface area contributed by atoms with E-state index in [0.29, 0.717) is 18.8 Å². The second-order valence-corrected chi connectivity index (χ2v) is 13.8. The third-order valence-corrected chi connectivity index (χ3v) is 10.9. The Morgan fingerprint density at radius 3 is 1.89 bits per heavy atom. The third-order valence-electron chi connectivity index (χ3n) is 10.9. The molecule has 3 aliphatic carbocycles. The van der Waals surface area contributed by atoms with Gasteiger partial charge in [-0.15, -0.1) is 13.2 Å². The molecular formula is C36H44F8O. The molecule has 2 saturated carbocycles. The highest BCUT2D eigenvalue weighted by atomic mass is 19.4. The number of hydrogen-bond acceptors (Lipinski definition) is 1. The Bertz CT molecular complexity index is 1310. The van der Waals surface area contributed by atoms with Gasteiger partial charge in [0.05, 0.1) is 0 Å². The predicted octanol–water partition coefficient (Wildman–Crippen LogP) is 12.0. The smallest absolute Gasteiger partial charge is 0.403 e. The first-order chi connectivity index (χ1) is 21.5. The Balaban J connectivity index is 1.18. The molecule has 1 unspecified atom stereocenters. The van der Waals surface area contributed by atoms with Crippen LogP contribution in [-0.2, 0) is 12.8 Å². The molecule has 0 heterocycles. The number of ether oxygens (including phenoxy) is 1. The Kier molecular flexibility index (Phi) is 11.1. The standard InChI is InChI=1S/C36H44F8O/c1-2-3-4-5-21-6-8-22(9-7-21)10-11-23-12-17-27-28(20-23)33(39)35(41)30(31(27)37)25-15-13-24(14-16-25)26-18-19-29(34(40)32(26)38)45-36(42,43)44/h18-19,21-25H,2-17,20H2,1H3. The van der Waals surface area contributed by atoms with Gasteiger partial charge in [-0.3, -0.25) is 0 Å². The number of alkyl halides is 3. The van der Waals surface area contributed by atoms with E-state index in [2.05, 4.69) is 11.7 Å². The topological polar surface area (TPSA) is 9.23 Å². The van der Waals surface area contributed by atoms with Crippen molar-refractivity contribution in [1.82, 2.24) is 0 Å². The number of fused-ring (bicyclic) bond motifs is 1. The summed E-state index contributed by atoms with van der Waals surface area (Å²) in [6.45, 7) is 2.23. The van der Waals surface area contributed by atoms with Crippen molar-refractivity contribution in [2.24, 2.45) is 17.8 Å². The third kappa shape index (κ3) is 7.98. The minimum absolute atomic E-state index is 0.107. The van der Waals surface area contributed by atoms with Crippen LogP contribution >= 0.6 is 0 Å². The summed E-state index contributed by atoms with van der Waals surface area (Å²) in [6.07, 6.45) is 9.42. The van der Waals surface area contributed by atoms with Gasteiger partial charge in [-0.05, 0) is 104 Å². The fourth-order valence-electron chi connectivity index (χ4n) is 8.31. The predicted molar refractivity (Wildman–Crippen MR) is 158 cm³/mol. The van der Waals surface area contributed by atoms with E-state index in [-0.39, 0.29) is 53.9 Å². The van der Waals surface area contributed by atoms with Crippen molar-refractivity contribution in [3.05, 3.63) is 63.5 Å². The lowest BCUT2D eigenvalue weighted by atomic mass is 9.73. The van der Waals surface area contributed by atoms with Crippen LogP contribution in [-0.4, -0.2) is 6.36 Å². The summed E-state index contributed by atoms with van der Waals surface area (Å²) in [5.41, 5.74) is 0.0591. The van der Waals surface area contributed by atoms with Gasteiger partial charge in [-0.1, -0.05) is 70.8 Å². The van der Waals surface area contributed by atoms with Crippen LogP contribution in [0.5, 0.6) is 5.75 Å². The van der Waals surface area contributed by atoms with Gasteiger partial charge in [0.1, 0.15) is 5.82 Å². The van der Waals surface area contributed by atoms with Crippen LogP contribution in [0.15, 0.2) is 12.1 Å². The fourth-order valence-corrected chi connectivity index (χ4v) is 8.31. The minimum atomic E-state index is -5.17. The number of benzene rings is 2. The highest BCUT2D eigenvalue weighted by Gasteiger charge is 2.37. The van der Waals surface area contributed by atoms with Crippen LogP contribution < -0.4 is 4.74 Å². The van der Waals surface area contributed by atoms with E-state index >= 15 is 13.2 Å². The molecule has 0 amide bonds. The summed E-state index contributed by atoms with van der Waals surface area (Å²) in [5.74, 6) is -6.66. The van der Waals surface area contributed by atoms with Gasteiger partial charge in [-0.2, -0.15) is 4.39 Å². The second kappa shape index (κ2) is 14.6. The molecule has 0 radical (unpaired) electrons. The van der Waals surface area contributed by atoms with E-state index < -0.39 is 53.0 Å². The molecule has 2 aromatic rings. The average Bonchev–Trinajstić information content (AvgIpc) is 3.02. The van der Waals surface area contributed by atoms with Gasteiger partial charge in [0.25, 0.3) is 0 Å². The monoisotopic (exact) mass is 644 g/mol. The molecule has 0 bridgehead atoms. The highest BCUT2D eigenvalue weighted by molar-refractivity contribution is 5.41. The van der Waals surface area contributed by atoms with E-state index in [1.807, 2.05) is 0 Å². The van der Waals surface area contributed by atoms with Crippen LogP contribution in [0.3, 0.4) is 0 Å². The second-order valence-electron chi connectivity index (χ2n) is 13.8. The number of unbranched alkanes of at least 4 members (excludes halogenated alkanes) is 2. The summed E-state index contributed by atoms with van der Waals surface area (Å²) in [7, 11) is 0. The van der Waals surface area contributed by atoms with Crippen molar-refractivity contribution >= 4 is 0 Å². The van der Waals surface area contributed by atoms with Crippen molar-refractivity contribution < 1.29 is 39.9 Å². The van der Waals surface area contributed by atoms with E-state index in [4.69, 9.17) is 0 Å². The first kappa shape index (κ1) is 34.0. The first-order valence-corrected chi connectivity index (χ1v) is 16.9. The number of halogens is 8. The van der Waals surface area contributed by atoms with Crippen LogP contribution in [0.1, 0.15) is 137 Å². The molecule has 5 rings (SSSR count). The zero-order valence-electron chi connectivity index (χ0n) is 26.0. The molecule has 9 heteroatoms. The van der Waals surface area contributed by atoms with Crippen LogP contribution in [0.25, 0.3) is 0 Å². The summed E-state index contributed by atoms with van der Waals surface area (Å²) in [5, 5.41) is 0. The Morgan fingerprint density at radius 1 is 0.622 bits per heavy atom. The summed E-state index contributed by atoms with van der Waals surface area (Å²) in [4.78, 5) is 0. The van der Waals surface area contributed by atoms with Crippen LogP contribution in [0, 0.1) is 46.8 Å². The van der Waals surface area contributed by atoms with Crippen LogP contribution in [0.2, 0.25) is 0 Å². The molecule has 0 aliphatic heterocycles. The van der Waals surface area contributed by atoms with Crippen LogP contribution in [0.4, 0.5) is 35.1 Å². The zero-order valence-corrected chi connectivity index (χ0v) is 26.0. The lowest BCUT2D eigenvalue weighted by Gasteiger charge is -2.33. The van der Waals surface area contributed by atoms with E-state index in [9.17, 15) is 22.0 Å². The first-order valence-electron chi connectivity index (χ1n) is 16.9. The SMILES string of the molecule is CCCCCC1CCC(CCC2CCc3c(F)c(C4CCC(c5ccc(OC(F)(F)F)c(F)c5F)CC4)c(F)c(F)c3C2)CC1. The Labute approximate surface area is 261 Å². The normalized spacial score (nSPS) is 25.7. The fraction of sp³-hybridized carbons (Fsp3) is 0.667. The summed E-state index contributed by atoms with van der Waals surface area (Å²) >= 11 is 0. The van der Waals surface area contributed by atoms with Gasteiger partial charge >= 0.3 is 6.36 Å². The van der Waals surface area contributed by atoms with Gasteiger partial charge in [0, 0.05) is 5.56 Å². The van der Waals surface area contributed by atoms with Gasteiger partial charge in [-0.25, -0.2) is 17.6 Å². The van der Waals surface area contributed by atoms with E-state index in [1.54, 1.807) is 0 Å². The number of rotatable bonds is 10. The largest absolute Gasteiger partial charge is 0.573 e. The highest BCUT2D eigenvalue weighted by Crippen LogP contribution is 2.46. The van der Waals surface area contributed by atoms with E-state index in [1.165, 1.54) is 51.4 Å². The molecule has 1 nitrogen and oxygen atoms in total. The molecule has 0 spiro atoms. The molecule has 2 aromatic carbocycles. The molecular weight excluding hydrogens is 600 g/mol. The molecule has 45 heavy (non-hydrogen) atoms. The molecule has 250 valence electrons. The van der Waals surface area contributed by atoms with Gasteiger partial charge in [0.2, 0.25) is 5.82 Å². The lowest BCUT2D eigenvalue weighted by molar-refractivity contribution is -0.275. The van der Waals surface area contributed by atoms with Gasteiger partial charge in [0.15, 0.2) is 23.2 Å². The Hall–Kier alpha value is -2.32. The van der Waals surface area contributed by atoms with Gasteiger partial charge < -0.3 is 4.74 Å². The van der Waals surface area contributed by atoms with Crippen molar-refractivity contribution in [2.45, 2.75) is 134 Å². The maximum absolute atomic E-state index is 15.8. The number of hydrogen-bond donors (Lipinski definition) is 0. The van der Waals surface area contributed by atoms with Crippen molar-refractivity contribution in [1.29, 1.82) is 0 Å². The average molecular weight is 645 g/mol. The summed E-state index contributed by atoms with van der Waals surface area (Å²) < 4.78 is 117. The minimum Gasteiger partial charge on any atom is -0.403 e. The van der Waals surface area contributed by atoms with Crippen molar-refractivity contribution in [3.63, 3.8) is 0 Å². The maximum atomic E-state index is 15.8. The maximum Gasteiger partial charge on any atom is 0.573 e. The quantitative estimate of drug-likeness (QED) is 0.142. The molecule has 0 saturated heterocycles. The molecule has 2 fully saturated rings. The van der Waals surface area contributed by atoms with E-state index in [0.717, 1.165) is 37.3 Å². The van der Waals surface area contributed by atoms with Crippen molar-refractivity contribution in [3.8, 4) is 5.75 Å². The zero-order chi connectivity index (χ0) is 32.3. The molecule has 1 atom stereocenters. The molecule has 0 aromatic heterocycles. The summed E-state index contributed by atoms with van der Waals surface area (Å²) in [6, 6.07) is 1.79. The molecule has 0 N–H and O–H groups in total.